The van der Waals surface area contributed by atoms with Crippen LogP contribution in [0.25, 0.3) is 0 Å². The fraction of sp³-hybridized carbons (Fsp3) is 0.600. The van der Waals surface area contributed by atoms with E-state index in [1.807, 2.05) is 19.9 Å². The van der Waals surface area contributed by atoms with Crippen LogP contribution >= 0.6 is 0 Å². The Hall–Kier alpha value is -1.10. The van der Waals surface area contributed by atoms with E-state index in [0.717, 1.165) is 12.0 Å². The monoisotopic (exact) mass is 165 g/mol. The minimum atomic E-state index is 0.180. The number of nitrogens with zero attached hydrogens (tertiary/aromatic N) is 1. The van der Waals surface area contributed by atoms with E-state index < -0.39 is 0 Å². The lowest BCUT2D eigenvalue weighted by atomic mass is 9.97. The quantitative estimate of drug-likeness (QED) is 0.600. The molecule has 0 aromatic heterocycles. The van der Waals surface area contributed by atoms with E-state index >= 15 is 0 Å². The lowest BCUT2D eigenvalue weighted by Gasteiger charge is -2.07. The lowest BCUT2D eigenvalue weighted by molar-refractivity contribution is -0.116. The van der Waals surface area contributed by atoms with Gasteiger partial charge in [-0.2, -0.15) is 5.26 Å². The fourth-order valence-corrected chi connectivity index (χ4v) is 0.931. The second-order valence-corrected chi connectivity index (χ2v) is 3.21. The molecule has 0 spiro atoms. The Morgan fingerprint density at radius 3 is 2.42 bits per heavy atom. The molecule has 0 saturated carbocycles. The maximum absolute atomic E-state index is 10.7. The Kier molecular flexibility index (Phi) is 5.03. The van der Waals surface area contributed by atoms with Crippen LogP contribution in [0.4, 0.5) is 0 Å². The van der Waals surface area contributed by atoms with Gasteiger partial charge in [-0.3, -0.25) is 0 Å². The van der Waals surface area contributed by atoms with E-state index in [0.29, 0.717) is 12.3 Å². The molecule has 0 amide bonds. The van der Waals surface area contributed by atoms with Crippen LogP contribution in [0.2, 0.25) is 0 Å². The molecule has 2 nitrogen and oxygen atoms in total. The summed E-state index contributed by atoms with van der Waals surface area (Å²) in [4.78, 5) is 10.7. The van der Waals surface area contributed by atoms with Crippen LogP contribution in [0, 0.1) is 17.2 Å². The molecule has 2 heteroatoms. The smallest absolute Gasteiger partial charge is 0.130 e. The number of nitriles is 1. The summed E-state index contributed by atoms with van der Waals surface area (Å²) >= 11 is 0. The number of carbonyl (C=O) groups excluding carboxylic acids is 1. The number of Topliss-reactive ketones (excluding diaryl/α,β-unsaturated/α-hetero) is 1. The normalized spacial score (nSPS) is 11.4. The Bertz CT molecular complexity index is 220. The highest BCUT2D eigenvalue weighted by atomic mass is 16.1. The molecule has 66 valence electrons. The molecule has 0 saturated heterocycles. The first kappa shape index (κ1) is 10.9. The minimum absolute atomic E-state index is 0.180. The van der Waals surface area contributed by atoms with Crippen molar-refractivity contribution >= 4 is 5.78 Å². The van der Waals surface area contributed by atoms with Crippen LogP contribution in [0.1, 0.15) is 33.6 Å². The molecule has 0 aliphatic rings. The Balaban J connectivity index is 4.09. The van der Waals surface area contributed by atoms with Crippen molar-refractivity contribution in [3.63, 3.8) is 0 Å². The fourth-order valence-electron chi connectivity index (χ4n) is 0.931. The third-order valence-corrected chi connectivity index (χ3v) is 1.76. The van der Waals surface area contributed by atoms with Gasteiger partial charge in [-0.05, 0) is 19.3 Å². The number of hydrogen-bond donors (Lipinski definition) is 0. The summed E-state index contributed by atoms with van der Waals surface area (Å²) < 4.78 is 0. The van der Waals surface area contributed by atoms with E-state index in [-0.39, 0.29) is 5.78 Å². The summed E-state index contributed by atoms with van der Waals surface area (Å²) in [6.45, 7) is 5.64. The van der Waals surface area contributed by atoms with Gasteiger partial charge < -0.3 is 4.79 Å². The molecule has 0 aromatic carbocycles. The molecule has 0 aliphatic heterocycles. The van der Waals surface area contributed by atoms with Crippen molar-refractivity contribution < 1.29 is 4.79 Å². The van der Waals surface area contributed by atoms with Gasteiger partial charge >= 0.3 is 0 Å². The van der Waals surface area contributed by atoms with Crippen molar-refractivity contribution in [1.82, 2.24) is 0 Å². The number of carbonyl (C=O) groups is 1. The molecular formula is C10H15NO. The van der Waals surface area contributed by atoms with Gasteiger partial charge in [0.1, 0.15) is 5.78 Å². The second kappa shape index (κ2) is 5.54. The molecule has 12 heavy (non-hydrogen) atoms. The molecule has 0 rings (SSSR count). The highest BCUT2D eigenvalue weighted by Crippen LogP contribution is 2.15. The topological polar surface area (TPSA) is 40.9 Å². The molecule has 0 N–H and O–H groups in total. The predicted octanol–water partition coefficient (Wildman–Crippen LogP) is 2.46. The minimum Gasteiger partial charge on any atom is -0.300 e. The molecule has 0 unspecified atom stereocenters. The summed E-state index contributed by atoms with van der Waals surface area (Å²) in [6.07, 6.45) is 2.82. The molecule has 0 bridgehead atoms. The Morgan fingerprint density at radius 2 is 2.08 bits per heavy atom. The number of allylic oxidation sites excluding steroid dienone is 2. The average molecular weight is 165 g/mol. The Labute approximate surface area is 73.9 Å². The number of hydrogen-bond acceptors (Lipinski definition) is 2. The molecule has 0 heterocycles. The lowest BCUT2D eigenvalue weighted by Crippen LogP contribution is -1.97. The van der Waals surface area contributed by atoms with Crippen LogP contribution in [0.15, 0.2) is 11.6 Å². The van der Waals surface area contributed by atoms with Gasteiger partial charge in [0.2, 0.25) is 0 Å². The summed E-state index contributed by atoms with van der Waals surface area (Å²) in [5.74, 6) is 0.545. The van der Waals surface area contributed by atoms with Gasteiger partial charge in [0.15, 0.2) is 0 Å². The van der Waals surface area contributed by atoms with Crippen LogP contribution in [0.5, 0.6) is 0 Å². The van der Waals surface area contributed by atoms with Crippen molar-refractivity contribution in [3.05, 3.63) is 11.6 Å². The van der Waals surface area contributed by atoms with E-state index in [1.165, 1.54) is 0 Å². The SMILES string of the molecule is CC(=O)CC/C(=C\C#N)C(C)C. The molecular weight excluding hydrogens is 150 g/mol. The molecule has 0 radical (unpaired) electrons. The summed E-state index contributed by atoms with van der Waals surface area (Å²) in [7, 11) is 0. The van der Waals surface area contributed by atoms with Crippen LogP contribution < -0.4 is 0 Å². The molecule has 0 aliphatic carbocycles. The van der Waals surface area contributed by atoms with Crippen LogP contribution in [-0.4, -0.2) is 5.78 Å². The van der Waals surface area contributed by atoms with Crippen molar-refractivity contribution in [2.24, 2.45) is 5.92 Å². The van der Waals surface area contributed by atoms with E-state index in [4.69, 9.17) is 5.26 Å². The summed E-state index contributed by atoms with van der Waals surface area (Å²) in [5, 5.41) is 8.44. The van der Waals surface area contributed by atoms with Crippen molar-refractivity contribution in [1.29, 1.82) is 5.26 Å². The highest BCUT2D eigenvalue weighted by Gasteiger charge is 2.03. The van der Waals surface area contributed by atoms with Gasteiger partial charge in [-0.1, -0.05) is 19.4 Å². The van der Waals surface area contributed by atoms with E-state index in [2.05, 4.69) is 0 Å². The van der Waals surface area contributed by atoms with Gasteiger partial charge in [-0.15, -0.1) is 0 Å². The standard InChI is InChI=1S/C10H15NO/c1-8(2)10(6-7-11)5-4-9(3)12/h6,8H,4-5H2,1-3H3/b10-6+. The zero-order valence-corrected chi connectivity index (χ0v) is 7.92. The first-order valence-electron chi connectivity index (χ1n) is 4.16. The van der Waals surface area contributed by atoms with Gasteiger partial charge in [0.25, 0.3) is 0 Å². The van der Waals surface area contributed by atoms with E-state index in [9.17, 15) is 4.79 Å². The molecule has 0 atom stereocenters. The van der Waals surface area contributed by atoms with Gasteiger partial charge in [-0.25, -0.2) is 0 Å². The van der Waals surface area contributed by atoms with Crippen LogP contribution in [0.3, 0.4) is 0 Å². The molecule has 0 aromatic rings. The zero-order chi connectivity index (χ0) is 9.56. The number of rotatable bonds is 4. The van der Waals surface area contributed by atoms with E-state index in [1.54, 1.807) is 13.0 Å². The molecule has 0 fully saturated rings. The second-order valence-electron chi connectivity index (χ2n) is 3.21. The predicted molar refractivity (Wildman–Crippen MR) is 48.4 cm³/mol. The summed E-state index contributed by atoms with van der Waals surface area (Å²) in [6, 6.07) is 2.00. The van der Waals surface area contributed by atoms with Crippen LogP contribution in [-0.2, 0) is 4.79 Å². The third-order valence-electron chi connectivity index (χ3n) is 1.76. The maximum Gasteiger partial charge on any atom is 0.130 e. The third kappa shape index (κ3) is 4.68. The number of ketones is 1. The first-order valence-corrected chi connectivity index (χ1v) is 4.16. The first-order chi connectivity index (χ1) is 5.57. The largest absolute Gasteiger partial charge is 0.300 e. The van der Waals surface area contributed by atoms with Crippen molar-refractivity contribution in [3.8, 4) is 6.07 Å². The average Bonchev–Trinajstić information content (AvgIpc) is 1.96. The van der Waals surface area contributed by atoms with Crippen molar-refractivity contribution in [2.45, 2.75) is 33.6 Å². The maximum atomic E-state index is 10.7. The van der Waals surface area contributed by atoms with Crippen molar-refractivity contribution in [2.75, 3.05) is 0 Å². The summed E-state index contributed by atoms with van der Waals surface area (Å²) in [5.41, 5.74) is 1.06. The Morgan fingerprint density at radius 1 is 1.50 bits per heavy atom. The highest BCUT2D eigenvalue weighted by molar-refractivity contribution is 5.75. The zero-order valence-electron chi connectivity index (χ0n) is 7.92. The van der Waals surface area contributed by atoms with Gasteiger partial charge in [0.05, 0.1) is 6.07 Å². The van der Waals surface area contributed by atoms with Gasteiger partial charge in [0, 0.05) is 12.5 Å².